The third kappa shape index (κ3) is 3.82. The molecule has 1 aromatic carbocycles. The second-order valence-electron chi connectivity index (χ2n) is 3.91. The third-order valence-electron chi connectivity index (χ3n) is 2.75. The zero-order valence-electron chi connectivity index (χ0n) is 9.54. The van der Waals surface area contributed by atoms with Crippen molar-refractivity contribution in [1.29, 1.82) is 0 Å². The van der Waals surface area contributed by atoms with Crippen LogP contribution in [-0.4, -0.2) is 22.8 Å². The standard InChI is InChI=1S/C12H16N2OS.ClH/c13-12(15)14-9-5-4-8-11(14)16-10-6-2-1-3-7-10;/h1-3,6-7,11H,4-5,8-9H2,(H2,13,15);1H. The molecule has 94 valence electrons. The number of carbonyl (C=O) groups is 1. The summed E-state index contributed by atoms with van der Waals surface area (Å²) >= 11 is 1.73. The van der Waals surface area contributed by atoms with Gasteiger partial charge >= 0.3 is 6.03 Å². The van der Waals surface area contributed by atoms with Gasteiger partial charge in [0.05, 0.1) is 5.37 Å². The lowest BCUT2D eigenvalue weighted by Gasteiger charge is -2.33. The molecule has 2 rings (SSSR count). The maximum atomic E-state index is 11.3. The molecule has 1 aromatic rings. The molecule has 5 heteroatoms. The predicted molar refractivity (Wildman–Crippen MR) is 73.5 cm³/mol. The molecule has 1 heterocycles. The summed E-state index contributed by atoms with van der Waals surface area (Å²) in [5.74, 6) is 0. The maximum absolute atomic E-state index is 11.3. The van der Waals surface area contributed by atoms with Crippen molar-refractivity contribution in [2.24, 2.45) is 5.73 Å². The fourth-order valence-electron chi connectivity index (χ4n) is 1.93. The summed E-state index contributed by atoms with van der Waals surface area (Å²) in [6, 6.07) is 9.86. The highest BCUT2D eigenvalue weighted by molar-refractivity contribution is 7.99. The van der Waals surface area contributed by atoms with E-state index in [4.69, 9.17) is 5.73 Å². The number of nitrogens with two attached hydrogens (primary N) is 1. The van der Waals surface area contributed by atoms with E-state index in [0.29, 0.717) is 0 Å². The van der Waals surface area contributed by atoms with Gasteiger partial charge in [-0.05, 0) is 31.4 Å². The fraction of sp³-hybridized carbons (Fsp3) is 0.417. The average molecular weight is 273 g/mol. The van der Waals surface area contributed by atoms with Crippen LogP contribution in [0.15, 0.2) is 35.2 Å². The molecular weight excluding hydrogens is 256 g/mol. The van der Waals surface area contributed by atoms with E-state index in [2.05, 4.69) is 12.1 Å². The number of benzene rings is 1. The Balaban J connectivity index is 0.00000144. The number of thioether (sulfide) groups is 1. The van der Waals surface area contributed by atoms with Gasteiger partial charge in [-0.25, -0.2) is 4.79 Å². The molecule has 0 aromatic heterocycles. The van der Waals surface area contributed by atoms with Crippen LogP contribution in [0.4, 0.5) is 4.79 Å². The molecule has 0 aliphatic carbocycles. The Morgan fingerprint density at radius 2 is 2.00 bits per heavy atom. The third-order valence-corrected chi connectivity index (χ3v) is 4.05. The van der Waals surface area contributed by atoms with Crippen molar-refractivity contribution in [3.8, 4) is 0 Å². The molecule has 0 spiro atoms. The highest BCUT2D eigenvalue weighted by Crippen LogP contribution is 2.31. The normalized spacial score (nSPS) is 19.5. The number of primary amides is 1. The van der Waals surface area contributed by atoms with Crippen LogP contribution in [0.25, 0.3) is 0 Å². The molecule has 1 aliphatic heterocycles. The van der Waals surface area contributed by atoms with E-state index in [1.807, 2.05) is 18.2 Å². The maximum Gasteiger partial charge on any atom is 0.315 e. The number of piperidine rings is 1. The van der Waals surface area contributed by atoms with Crippen molar-refractivity contribution in [3.63, 3.8) is 0 Å². The molecule has 2 N–H and O–H groups in total. The van der Waals surface area contributed by atoms with E-state index in [-0.39, 0.29) is 23.8 Å². The van der Waals surface area contributed by atoms with E-state index in [1.165, 1.54) is 11.3 Å². The molecule has 1 unspecified atom stereocenters. The van der Waals surface area contributed by atoms with Gasteiger partial charge in [0.1, 0.15) is 0 Å². The van der Waals surface area contributed by atoms with Gasteiger partial charge in [0.25, 0.3) is 0 Å². The molecule has 3 nitrogen and oxygen atoms in total. The average Bonchev–Trinajstić information content (AvgIpc) is 2.31. The van der Waals surface area contributed by atoms with Crippen molar-refractivity contribution in [1.82, 2.24) is 4.90 Å². The summed E-state index contributed by atoms with van der Waals surface area (Å²) in [6.45, 7) is 0.792. The first kappa shape index (κ1) is 14.2. The minimum Gasteiger partial charge on any atom is -0.351 e. The van der Waals surface area contributed by atoms with Gasteiger partial charge in [0, 0.05) is 11.4 Å². The number of carbonyl (C=O) groups excluding carboxylic acids is 1. The Labute approximate surface area is 112 Å². The van der Waals surface area contributed by atoms with Crippen LogP contribution in [0.2, 0.25) is 0 Å². The van der Waals surface area contributed by atoms with Crippen molar-refractivity contribution >= 4 is 30.2 Å². The van der Waals surface area contributed by atoms with Crippen molar-refractivity contribution in [2.45, 2.75) is 29.5 Å². The number of urea groups is 1. The van der Waals surface area contributed by atoms with Crippen molar-refractivity contribution in [3.05, 3.63) is 30.3 Å². The summed E-state index contributed by atoms with van der Waals surface area (Å²) in [7, 11) is 0. The van der Waals surface area contributed by atoms with Crippen LogP contribution in [0.1, 0.15) is 19.3 Å². The minimum atomic E-state index is -0.298. The van der Waals surface area contributed by atoms with Gasteiger partial charge in [-0.3, -0.25) is 0 Å². The van der Waals surface area contributed by atoms with Crippen LogP contribution in [0, 0.1) is 0 Å². The lowest BCUT2D eigenvalue weighted by Crippen LogP contribution is -2.44. The zero-order chi connectivity index (χ0) is 11.4. The number of nitrogens with zero attached hydrogens (tertiary/aromatic N) is 1. The second kappa shape index (κ2) is 6.77. The van der Waals surface area contributed by atoms with Gasteiger partial charge in [0.15, 0.2) is 0 Å². The topological polar surface area (TPSA) is 46.3 Å². The molecule has 2 amide bonds. The van der Waals surface area contributed by atoms with Crippen LogP contribution < -0.4 is 5.73 Å². The summed E-state index contributed by atoms with van der Waals surface area (Å²) in [5, 5.41) is 0.202. The predicted octanol–water partition coefficient (Wildman–Crippen LogP) is 3.09. The Morgan fingerprint density at radius 1 is 1.29 bits per heavy atom. The first-order valence-electron chi connectivity index (χ1n) is 5.55. The monoisotopic (exact) mass is 272 g/mol. The van der Waals surface area contributed by atoms with E-state index < -0.39 is 0 Å². The summed E-state index contributed by atoms with van der Waals surface area (Å²) < 4.78 is 0. The van der Waals surface area contributed by atoms with Crippen LogP contribution in [0.5, 0.6) is 0 Å². The molecule has 1 atom stereocenters. The van der Waals surface area contributed by atoms with Crippen LogP contribution in [-0.2, 0) is 0 Å². The van der Waals surface area contributed by atoms with Crippen molar-refractivity contribution < 1.29 is 4.79 Å². The van der Waals surface area contributed by atoms with Gasteiger partial charge in [-0.15, -0.1) is 24.2 Å². The second-order valence-corrected chi connectivity index (χ2v) is 5.16. The zero-order valence-corrected chi connectivity index (χ0v) is 11.2. The molecule has 17 heavy (non-hydrogen) atoms. The van der Waals surface area contributed by atoms with Gasteiger partial charge in [0.2, 0.25) is 0 Å². The Hall–Kier alpha value is -0.870. The largest absolute Gasteiger partial charge is 0.351 e. The highest BCUT2D eigenvalue weighted by Gasteiger charge is 2.25. The molecule has 1 aliphatic rings. The van der Waals surface area contributed by atoms with Crippen LogP contribution >= 0.6 is 24.2 Å². The number of amides is 2. The summed E-state index contributed by atoms with van der Waals surface area (Å²) in [5.41, 5.74) is 5.38. The molecule has 0 bridgehead atoms. The van der Waals surface area contributed by atoms with Gasteiger partial charge < -0.3 is 10.6 Å². The molecule has 0 saturated carbocycles. The number of hydrogen-bond acceptors (Lipinski definition) is 2. The molecule has 1 saturated heterocycles. The number of halogens is 1. The highest BCUT2D eigenvalue weighted by atomic mass is 35.5. The van der Waals surface area contributed by atoms with Gasteiger partial charge in [-0.1, -0.05) is 18.2 Å². The first-order chi connectivity index (χ1) is 7.77. The van der Waals surface area contributed by atoms with Crippen molar-refractivity contribution in [2.75, 3.05) is 6.54 Å². The summed E-state index contributed by atoms with van der Waals surface area (Å²) in [4.78, 5) is 14.3. The van der Waals surface area contributed by atoms with E-state index in [0.717, 1.165) is 19.4 Å². The van der Waals surface area contributed by atoms with E-state index in [1.54, 1.807) is 16.7 Å². The minimum absolute atomic E-state index is 0. The first-order valence-corrected chi connectivity index (χ1v) is 6.43. The quantitative estimate of drug-likeness (QED) is 0.899. The molecule has 1 fully saturated rings. The van der Waals surface area contributed by atoms with Crippen LogP contribution in [0.3, 0.4) is 0 Å². The SMILES string of the molecule is Cl.NC(=O)N1CCCCC1Sc1ccccc1. The van der Waals surface area contributed by atoms with E-state index in [9.17, 15) is 4.79 Å². The smallest absolute Gasteiger partial charge is 0.315 e. The Kier molecular flexibility index (Phi) is 5.65. The lowest BCUT2D eigenvalue weighted by atomic mass is 10.1. The Bertz CT molecular complexity index is 361. The fourth-order valence-corrected chi connectivity index (χ4v) is 3.18. The van der Waals surface area contributed by atoms with E-state index >= 15 is 0 Å². The number of likely N-dealkylation sites (tertiary alicyclic amines) is 1. The lowest BCUT2D eigenvalue weighted by molar-refractivity contribution is 0.188. The molecule has 0 radical (unpaired) electrons. The number of rotatable bonds is 2. The number of hydrogen-bond donors (Lipinski definition) is 1. The Morgan fingerprint density at radius 3 is 2.65 bits per heavy atom. The molecular formula is C12H17ClN2OS. The van der Waals surface area contributed by atoms with Gasteiger partial charge in [-0.2, -0.15) is 0 Å². The summed E-state index contributed by atoms with van der Waals surface area (Å²) in [6.07, 6.45) is 3.27.